The van der Waals surface area contributed by atoms with E-state index in [-0.39, 0.29) is 30.1 Å². The number of benzene rings is 1. The number of hydrogen-bond donors (Lipinski definition) is 2. The smallest absolute Gasteiger partial charge is 0.253 e. The predicted molar refractivity (Wildman–Crippen MR) is 113 cm³/mol. The highest BCUT2D eigenvalue weighted by atomic mass is 35.5. The SMILES string of the molecule is CCOc1ccc(C(=O)N2CCCCC2)cc1NC(=O)[C@H]1CCN[C@@H](C)C1.Cl. The van der Waals surface area contributed by atoms with Gasteiger partial charge in [-0.15, -0.1) is 12.4 Å². The molecule has 1 aromatic rings. The highest BCUT2D eigenvalue weighted by Crippen LogP contribution is 2.29. The maximum atomic E-state index is 12.8. The van der Waals surface area contributed by atoms with E-state index in [0.29, 0.717) is 29.6 Å². The molecule has 0 aromatic heterocycles. The summed E-state index contributed by atoms with van der Waals surface area (Å²) in [5.74, 6) is 0.635. The van der Waals surface area contributed by atoms with E-state index in [2.05, 4.69) is 17.6 Å². The van der Waals surface area contributed by atoms with Gasteiger partial charge in [0.2, 0.25) is 5.91 Å². The lowest BCUT2D eigenvalue weighted by Crippen LogP contribution is -2.40. The fourth-order valence-electron chi connectivity index (χ4n) is 3.93. The molecule has 7 heteroatoms. The number of anilines is 1. The number of rotatable bonds is 5. The van der Waals surface area contributed by atoms with Gasteiger partial charge in [-0.2, -0.15) is 0 Å². The molecule has 0 spiro atoms. The van der Waals surface area contributed by atoms with Crippen LogP contribution in [0.15, 0.2) is 18.2 Å². The van der Waals surface area contributed by atoms with Crippen LogP contribution in [-0.4, -0.2) is 49.0 Å². The second-order valence-corrected chi connectivity index (χ2v) is 7.56. The lowest BCUT2D eigenvalue weighted by atomic mass is 9.92. The van der Waals surface area contributed by atoms with Gasteiger partial charge in [-0.1, -0.05) is 0 Å². The monoisotopic (exact) mass is 409 g/mol. The lowest BCUT2D eigenvalue weighted by molar-refractivity contribution is -0.120. The van der Waals surface area contributed by atoms with E-state index in [1.54, 1.807) is 18.2 Å². The largest absolute Gasteiger partial charge is 0.492 e. The molecule has 2 fully saturated rings. The molecule has 2 N–H and O–H groups in total. The minimum absolute atomic E-state index is 0. The number of halogens is 1. The standard InChI is InChI=1S/C21H31N3O3.ClH/c1-3-27-19-8-7-17(21(26)24-11-5-4-6-12-24)14-18(19)23-20(25)16-9-10-22-15(2)13-16;/h7-8,14-16,22H,3-6,9-13H2,1-2H3,(H,23,25);1H/t15-,16-;/m0./s1. The second-order valence-electron chi connectivity index (χ2n) is 7.56. The van der Waals surface area contributed by atoms with Crippen LogP contribution in [0.4, 0.5) is 5.69 Å². The molecule has 2 aliphatic rings. The van der Waals surface area contributed by atoms with E-state index >= 15 is 0 Å². The topological polar surface area (TPSA) is 70.7 Å². The van der Waals surface area contributed by atoms with E-state index in [0.717, 1.165) is 45.3 Å². The van der Waals surface area contributed by atoms with E-state index in [1.165, 1.54) is 6.42 Å². The number of likely N-dealkylation sites (tertiary alicyclic amines) is 1. The molecule has 2 saturated heterocycles. The van der Waals surface area contributed by atoms with Crippen LogP contribution in [0.25, 0.3) is 0 Å². The van der Waals surface area contributed by atoms with Crippen molar-refractivity contribution in [2.45, 2.75) is 52.0 Å². The van der Waals surface area contributed by atoms with Crippen LogP contribution in [0.5, 0.6) is 5.75 Å². The molecule has 0 unspecified atom stereocenters. The molecule has 0 bridgehead atoms. The van der Waals surface area contributed by atoms with Crippen LogP contribution in [0, 0.1) is 5.92 Å². The number of amides is 2. The van der Waals surface area contributed by atoms with E-state index < -0.39 is 0 Å². The van der Waals surface area contributed by atoms with Gasteiger partial charge < -0.3 is 20.3 Å². The number of carbonyl (C=O) groups excluding carboxylic acids is 2. The van der Waals surface area contributed by atoms with Crippen molar-refractivity contribution in [3.63, 3.8) is 0 Å². The molecule has 0 radical (unpaired) electrons. The molecule has 1 aromatic carbocycles. The quantitative estimate of drug-likeness (QED) is 0.781. The van der Waals surface area contributed by atoms with Crippen molar-refractivity contribution in [1.82, 2.24) is 10.2 Å². The van der Waals surface area contributed by atoms with Crippen molar-refractivity contribution in [3.05, 3.63) is 23.8 Å². The first-order valence-corrected chi connectivity index (χ1v) is 10.2. The van der Waals surface area contributed by atoms with E-state index in [4.69, 9.17) is 4.74 Å². The van der Waals surface area contributed by atoms with E-state index in [1.807, 2.05) is 11.8 Å². The van der Waals surface area contributed by atoms with Crippen LogP contribution in [0.3, 0.4) is 0 Å². The summed E-state index contributed by atoms with van der Waals surface area (Å²) in [4.78, 5) is 27.5. The molecule has 2 amide bonds. The summed E-state index contributed by atoms with van der Waals surface area (Å²) < 4.78 is 5.67. The summed E-state index contributed by atoms with van der Waals surface area (Å²) in [6.07, 6.45) is 4.94. The minimum atomic E-state index is -0.0165. The van der Waals surface area contributed by atoms with Gasteiger partial charge in [0.15, 0.2) is 0 Å². The Morgan fingerprint density at radius 2 is 2.00 bits per heavy atom. The van der Waals surface area contributed by atoms with Gasteiger partial charge in [-0.25, -0.2) is 0 Å². The molecular weight excluding hydrogens is 378 g/mol. The molecule has 6 nitrogen and oxygen atoms in total. The number of hydrogen-bond acceptors (Lipinski definition) is 4. The predicted octanol–water partition coefficient (Wildman–Crippen LogP) is 3.46. The van der Waals surface area contributed by atoms with Crippen molar-refractivity contribution in [1.29, 1.82) is 0 Å². The number of nitrogens with zero attached hydrogens (tertiary/aromatic N) is 1. The Morgan fingerprint density at radius 1 is 1.25 bits per heavy atom. The van der Waals surface area contributed by atoms with Crippen molar-refractivity contribution in [2.24, 2.45) is 5.92 Å². The van der Waals surface area contributed by atoms with Gasteiger partial charge in [-0.05, 0) is 70.7 Å². The average Bonchev–Trinajstić information content (AvgIpc) is 2.69. The summed E-state index contributed by atoms with van der Waals surface area (Å²) in [7, 11) is 0. The highest BCUT2D eigenvalue weighted by molar-refractivity contribution is 5.99. The van der Waals surface area contributed by atoms with Gasteiger partial charge in [0, 0.05) is 30.6 Å². The number of ether oxygens (including phenoxy) is 1. The second kappa shape index (κ2) is 10.7. The maximum Gasteiger partial charge on any atom is 0.253 e. The Balaban J connectivity index is 0.00000280. The molecule has 0 saturated carbocycles. The molecular formula is C21H32ClN3O3. The Bertz CT molecular complexity index is 677. The van der Waals surface area contributed by atoms with Gasteiger partial charge in [0.25, 0.3) is 5.91 Å². The van der Waals surface area contributed by atoms with Gasteiger partial charge in [-0.3, -0.25) is 9.59 Å². The fraction of sp³-hybridized carbons (Fsp3) is 0.619. The Morgan fingerprint density at radius 3 is 2.68 bits per heavy atom. The normalized spacial score (nSPS) is 22.1. The maximum absolute atomic E-state index is 12.8. The van der Waals surface area contributed by atoms with Gasteiger partial charge >= 0.3 is 0 Å². The highest BCUT2D eigenvalue weighted by Gasteiger charge is 2.26. The minimum Gasteiger partial charge on any atom is -0.492 e. The Labute approximate surface area is 173 Å². The summed E-state index contributed by atoms with van der Waals surface area (Å²) in [5, 5.41) is 6.39. The van der Waals surface area contributed by atoms with E-state index in [9.17, 15) is 9.59 Å². The zero-order chi connectivity index (χ0) is 19.2. The first-order chi connectivity index (χ1) is 13.1. The van der Waals surface area contributed by atoms with Crippen LogP contribution in [0.1, 0.15) is 56.3 Å². The number of carbonyl (C=O) groups is 2. The third-order valence-corrected chi connectivity index (χ3v) is 5.42. The van der Waals surface area contributed by atoms with Gasteiger partial charge in [0.1, 0.15) is 5.75 Å². The molecule has 0 aliphatic carbocycles. The fourth-order valence-corrected chi connectivity index (χ4v) is 3.93. The van der Waals surface area contributed by atoms with Crippen LogP contribution in [-0.2, 0) is 4.79 Å². The molecule has 2 aliphatic heterocycles. The van der Waals surface area contributed by atoms with Crippen LogP contribution >= 0.6 is 12.4 Å². The zero-order valence-electron chi connectivity index (χ0n) is 16.8. The number of piperidine rings is 2. The lowest BCUT2D eigenvalue weighted by Gasteiger charge is -2.28. The van der Waals surface area contributed by atoms with Crippen molar-refractivity contribution < 1.29 is 14.3 Å². The third-order valence-electron chi connectivity index (χ3n) is 5.42. The van der Waals surface area contributed by atoms with Crippen molar-refractivity contribution >= 4 is 29.9 Å². The summed E-state index contributed by atoms with van der Waals surface area (Å²) >= 11 is 0. The molecule has 2 atom stereocenters. The molecule has 3 rings (SSSR count). The molecule has 28 heavy (non-hydrogen) atoms. The molecule has 2 heterocycles. The number of nitrogens with one attached hydrogen (secondary N) is 2. The van der Waals surface area contributed by atoms with Crippen molar-refractivity contribution in [2.75, 3.05) is 31.6 Å². The first kappa shape index (κ1) is 22.5. The Kier molecular flexibility index (Phi) is 8.58. The molecule has 156 valence electrons. The van der Waals surface area contributed by atoms with Gasteiger partial charge in [0.05, 0.1) is 12.3 Å². The summed E-state index contributed by atoms with van der Waals surface area (Å²) in [6.45, 7) is 6.98. The Hall–Kier alpha value is -1.79. The third kappa shape index (κ3) is 5.61. The first-order valence-electron chi connectivity index (χ1n) is 10.2. The van der Waals surface area contributed by atoms with Crippen molar-refractivity contribution in [3.8, 4) is 5.75 Å². The summed E-state index contributed by atoms with van der Waals surface area (Å²) in [5.41, 5.74) is 1.20. The zero-order valence-corrected chi connectivity index (χ0v) is 17.6. The van der Waals surface area contributed by atoms with Crippen LogP contribution < -0.4 is 15.4 Å². The average molecular weight is 410 g/mol. The summed E-state index contributed by atoms with van der Waals surface area (Å²) in [6, 6.07) is 5.70. The van der Waals surface area contributed by atoms with Crippen LogP contribution in [0.2, 0.25) is 0 Å².